The topological polar surface area (TPSA) is 70.9 Å². The smallest absolute Gasteiger partial charge is 0.206 e. The summed E-state index contributed by atoms with van der Waals surface area (Å²) in [6.07, 6.45) is 1.93. The van der Waals surface area contributed by atoms with Gasteiger partial charge in [0.2, 0.25) is 5.95 Å². The van der Waals surface area contributed by atoms with Crippen molar-refractivity contribution < 1.29 is 4.74 Å². The van der Waals surface area contributed by atoms with Crippen LogP contribution in [0.1, 0.15) is 5.69 Å². The Morgan fingerprint density at radius 3 is 2.74 bits per heavy atom. The van der Waals surface area contributed by atoms with E-state index in [1.165, 1.54) is 0 Å². The number of methoxy groups -OCH3 is 1. The van der Waals surface area contributed by atoms with Crippen LogP contribution in [-0.4, -0.2) is 26.4 Å². The molecule has 0 saturated heterocycles. The van der Waals surface area contributed by atoms with Gasteiger partial charge in [-0.3, -0.25) is 9.25 Å². The van der Waals surface area contributed by atoms with Gasteiger partial charge in [-0.05, 0) is 19.1 Å². The highest BCUT2D eigenvalue weighted by Crippen LogP contribution is 2.27. The molecule has 0 aliphatic carbocycles. The molecule has 0 unspecified atom stereocenters. The highest BCUT2D eigenvalue weighted by molar-refractivity contribution is 5.82. The van der Waals surface area contributed by atoms with Gasteiger partial charge in [0.15, 0.2) is 0 Å². The van der Waals surface area contributed by atoms with Crippen molar-refractivity contribution in [2.75, 3.05) is 12.8 Å². The first-order valence-corrected chi connectivity index (χ1v) is 5.92. The first-order chi connectivity index (χ1) is 9.10. The van der Waals surface area contributed by atoms with Crippen molar-refractivity contribution in [3.8, 4) is 11.4 Å². The van der Waals surface area contributed by atoms with Gasteiger partial charge in [-0.1, -0.05) is 0 Å². The van der Waals surface area contributed by atoms with Crippen LogP contribution in [0, 0.1) is 6.92 Å². The monoisotopic (exact) mass is 257 g/mol. The summed E-state index contributed by atoms with van der Waals surface area (Å²) < 4.78 is 8.86. The Hall–Kier alpha value is -2.50. The summed E-state index contributed by atoms with van der Waals surface area (Å²) in [7, 11) is 3.52. The molecule has 6 nitrogen and oxygen atoms in total. The molecule has 98 valence electrons. The molecule has 0 spiro atoms. The molecule has 0 amide bonds. The maximum absolute atomic E-state index is 6.03. The zero-order chi connectivity index (χ0) is 13.6. The Labute approximate surface area is 110 Å². The zero-order valence-corrected chi connectivity index (χ0v) is 11.1. The van der Waals surface area contributed by atoms with Gasteiger partial charge in [-0.2, -0.15) is 5.10 Å². The van der Waals surface area contributed by atoms with Crippen molar-refractivity contribution in [1.82, 2.24) is 19.3 Å². The summed E-state index contributed by atoms with van der Waals surface area (Å²) >= 11 is 0. The lowest BCUT2D eigenvalue weighted by atomic mass is 10.3. The van der Waals surface area contributed by atoms with Crippen molar-refractivity contribution in [2.24, 2.45) is 7.05 Å². The van der Waals surface area contributed by atoms with Gasteiger partial charge in [0.05, 0.1) is 29.5 Å². The quantitative estimate of drug-likeness (QED) is 0.758. The molecule has 3 rings (SSSR count). The lowest BCUT2D eigenvalue weighted by Crippen LogP contribution is -2.00. The van der Waals surface area contributed by atoms with Crippen LogP contribution in [0.4, 0.5) is 5.95 Å². The molecule has 2 N–H and O–H groups in total. The molecular formula is C13H15N5O. The standard InChI is InChI=1S/C13H15N5O/c1-8-12(7-17(2)16-8)18-11-5-4-9(19-3)6-10(11)15-13(18)14/h4-7H,1-3H3,(H2,14,15). The van der Waals surface area contributed by atoms with Gasteiger partial charge in [0, 0.05) is 19.3 Å². The van der Waals surface area contributed by atoms with Gasteiger partial charge in [0.25, 0.3) is 0 Å². The number of nitrogens with two attached hydrogens (primary N) is 1. The van der Waals surface area contributed by atoms with Gasteiger partial charge in [-0.15, -0.1) is 0 Å². The number of benzene rings is 1. The van der Waals surface area contributed by atoms with Crippen LogP contribution in [0.3, 0.4) is 0 Å². The van der Waals surface area contributed by atoms with Crippen molar-refractivity contribution in [3.63, 3.8) is 0 Å². The summed E-state index contributed by atoms with van der Waals surface area (Å²) in [6.45, 7) is 1.95. The molecule has 0 aliphatic rings. The number of hydrogen-bond donors (Lipinski definition) is 1. The van der Waals surface area contributed by atoms with Gasteiger partial charge in [-0.25, -0.2) is 4.98 Å². The maximum atomic E-state index is 6.03. The highest BCUT2D eigenvalue weighted by Gasteiger charge is 2.14. The van der Waals surface area contributed by atoms with Crippen molar-refractivity contribution in [1.29, 1.82) is 0 Å². The Kier molecular flexibility index (Phi) is 2.45. The van der Waals surface area contributed by atoms with E-state index in [0.717, 1.165) is 28.2 Å². The normalized spacial score (nSPS) is 11.1. The number of rotatable bonds is 2. The lowest BCUT2D eigenvalue weighted by Gasteiger charge is -2.04. The average molecular weight is 257 g/mol. The van der Waals surface area contributed by atoms with Crippen LogP contribution in [0.25, 0.3) is 16.7 Å². The highest BCUT2D eigenvalue weighted by atomic mass is 16.5. The number of hydrogen-bond acceptors (Lipinski definition) is 4. The van der Waals surface area contributed by atoms with Crippen molar-refractivity contribution >= 4 is 17.0 Å². The van der Waals surface area contributed by atoms with Gasteiger partial charge in [0.1, 0.15) is 5.75 Å². The zero-order valence-electron chi connectivity index (χ0n) is 11.1. The average Bonchev–Trinajstić information content (AvgIpc) is 2.86. The third-order valence-corrected chi connectivity index (χ3v) is 3.12. The third kappa shape index (κ3) is 1.72. The van der Waals surface area contributed by atoms with Crippen molar-refractivity contribution in [3.05, 3.63) is 30.1 Å². The van der Waals surface area contributed by atoms with E-state index in [-0.39, 0.29) is 0 Å². The molecule has 1 aromatic carbocycles. The molecule has 2 aromatic heterocycles. The number of aromatic nitrogens is 4. The predicted octanol–water partition coefficient (Wildman–Crippen LogP) is 1.66. The first kappa shape index (κ1) is 11.6. The fourth-order valence-electron chi connectivity index (χ4n) is 2.27. The van der Waals surface area contributed by atoms with E-state index in [9.17, 15) is 0 Å². The van der Waals surface area contributed by atoms with Crippen molar-refractivity contribution in [2.45, 2.75) is 6.92 Å². The Balaban J connectivity index is 2.29. The summed E-state index contributed by atoms with van der Waals surface area (Å²) in [5.74, 6) is 1.21. The summed E-state index contributed by atoms with van der Waals surface area (Å²) in [6, 6.07) is 5.71. The lowest BCUT2D eigenvalue weighted by molar-refractivity contribution is 0.415. The van der Waals surface area contributed by atoms with E-state index in [0.29, 0.717) is 5.95 Å². The second-order valence-corrected chi connectivity index (χ2v) is 4.43. The molecule has 19 heavy (non-hydrogen) atoms. The van der Waals surface area contributed by atoms with Crippen LogP contribution in [0.2, 0.25) is 0 Å². The minimum absolute atomic E-state index is 0.444. The van der Waals surface area contributed by atoms with E-state index in [2.05, 4.69) is 10.1 Å². The number of fused-ring (bicyclic) bond motifs is 1. The summed E-state index contributed by atoms with van der Waals surface area (Å²) in [5, 5.41) is 4.34. The van der Waals surface area contributed by atoms with E-state index >= 15 is 0 Å². The fraction of sp³-hybridized carbons (Fsp3) is 0.231. The Morgan fingerprint density at radius 1 is 1.32 bits per heavy atom. The van der Waals surface area contributed by atoms with Gasteiger partial charge >= 0.3 is 0 Å². The Bertz CT molecular complexity index is 756. The van der Waals surface area contributed by atoms with E-state index < -0.39 is 0 Å². The first-order valence-electron chi connectivity index (χ1n) is 5.92. The molecule has 2 heterocycles. The third-order valence-electron chi connectivity index (χ3n) is 3.12. The maximum Gasteiger partial charge on any atom is 0.206 e. The number of nitrogens with zero attached hydrogens (tertiary/aromatic N) is 4. The fourth-order valence-corrected chi connectivity index (χ4v) is 2.27. The number of aryl methyl sites for hydroxylation is 2. The minimum atomic E-state index is 0.444. The SMILES string of the molecule is COc1ccc2c(c1)nc(N)n2-c1cn(C)nc1C. The predicted molar refractivity (Wildman–Crippen MR) is 73.5 cm³/mol. The second-order valence-electron chi connectivity index (χ2n) is 4.43. The minimum Gasteiger partial charge on any atom is -0.497 e. The molecule has 0 saturated carbocycles. The van der Waals surface area contributed by atoms with E-state index in [1.807, 2.05) is 42.9 Å². The Morgan fingerprint density at radius 2 is 2.11 bits per heavy atom. The van der Waals surface area contributed by atoms with Crippen LogP contribution < -0.4 is 10.5 Å². The van der Waals surface area contributed by atoms with Crippen LogP contribution in [-0.2, 0) is 7.05 Å². The molecule has 0 radical (unpaired) electrons. The molecule has 6 heteroatoms. The molecule has 0 fully saturated rings. The number of ether oxygens (including phenoxy) is 1. The van der Waals surface area contributed by atoms with E-state index in [1.54, 1.807) is 11.8 Å². The largest absolute Gasteiger partial charge is 0.497 e. The number of nitrogen functional groups attached to an aromatic ring is 1. The number of anilines is 1. The molecular weight excluding hydrogens is 242 g/mol. The number of imidazole rings is 1. The van der Waals surface area contributed by atoms with Crippen LogP contribution in [0.15, 0.2) is 24.4 Å². The second kappa shape index (κ2) is 4.01. The van der Waals surface area contributed by atoms with Gasteiger partial charge < -0.3 is 10.5 Å². The summed E-state index contributed by atoms with van der Waals surface area (Å²) in [5.41, 5.74) is 9.62. The molecule has 0 aliphatic heterocycles. The summed E-state index contributed by atoms with van der Waals surface area (Å²) in [4.78, 5) is 4.37. The van der Waals surface area contributed by atoms with E-state index in [4.69, 9.17) is 10.5 Å². The van der Waals surface area contributed by atoms with Crippen LogP contribution >= 0.6 is 0 Å². The molecule has 0 bridgehead atoms. The van der Waals surface area contributed by atoms with Crippen LogP contribution in [0.5, 0.6) is 5.75 Å². The molecule has 3 aromatic rings. The molecule has 0 atom stereocenters.